The van der Waals surface area contributed by atoms with E-state index in [4.69, 9.17) is 0 Å². The van der Waals surface area contributed by atoms with Gasteiger partial charge in [0.15, 0.2) is 0 Å². The minimum atomic E-state index is -3.37. The van der Waals surface area contributed by atoms with Crippen LogP contribution in [0.3, 0.4) is 0 Å². The predicted octanol–water partition coefficient (Wildman–Crippen LogP) is 1.67. The van der Waals surface area contributed by atoms with Gasteiger partial charge < -0.3 is 0 Å². The number of nitrogens with one attached hydrogen (secondary N) is 1. The Morgan fingerprint density at radius 1 is 1.53 bits per heavy atom. The smallest absolute Gasteiger partial charge is 0.246 e. The van der Waals surface area contributed by atoms with Crippen molar-refractivity contribution in [1.29, 1.82) is 0 Å². The van der Waals surface area contributed by atoms with Crippen LogP contribution in [-0.2, 0) is 10.0 Å². The third-order valence-corrected chi connectivity index (χ3v) is 5.48. The lowest BCUT2D eigenvalue weighted by atomic mass is 10.0. The van der Waals surface area contributed by atoms with Crippen molar-refractivity contribution in [2.75, 3.05) is 6.54 Å². The molecule has 17 heavy (non-hydrogen) atoms. The molecule has 1 aromatic heterocycles. The van der Waals surface area contributed by atoms with Crippen molar-refractivity contribution < 1.29 is 8.42 Å². The number of aromatic amines is 1. The highest BCUT2D eigenvalue weighted by molar-refractivity contribution is 7.89. The molecule has 1 aliphatic heterocycles. The lowest BCUT2D eigenvalue weighted by Gasteiger charge is -2.33. The van der Waals surface area contributed by atoms with E-state index in [0.29, 0.717) is 17.1 Å². The van der Waals surface area contributed by atoms with E-state index in [1.807, 2.05) is 6.92 Å². The quantitative estimate of drug-likeness (QED) is 0.895. The minimum absolute atomic E-state index is 0.142. The van der Waals surface area contributed by atoms with Crippen LogP contribution in [0.2, 0.25) is 0 Å². The second-order valence-electron chi connectivity index (χ2n) is 4.53. The average Bonchev–Trinajstić information content (AvgIpc) is 2.76. The fourth-order valence-corrected chi connectivity index (χ4v) is 4.31. The zero-order valence-corrected chi connectivity index (χ0v) is 11.1. The maximum atomic E-state index is 12.5. The highest BCUT2D eigenvalue weighted by Gasteiger charge is 2.33. The topological polar surface area (TPSA) is 66.1 Å². The van der Waals surface area contributed by atoms with Gasteiger partial charge in [-0.15, -0.1) is 0 Å². The van der Waals surface area contributed by atoms with E-state index in [2.05, 4.69) is 10.2 Å². The van der Waals surface area contributed by atoms with E-state index >= 15 is 0 Å². The number of hydrogen-bond acceptors (Lipinski definition) is 3. The highest BCUT2D eigenvalue weighted by Crippen LogP contribution is 2.27. The Bertz CT molecular complexity index is 481. The lowest BCUT2D eigenvalue weighted by molar-refractivity contribution is 0.246. The van der Waals surface area contributed by atoms with Gasteiger partial charge in [-0.05, 0) is 26.2 Å². The molecule has 0 amide bonds. The van der Waals surface area contributed by atoms with Gasteiger partial charge in [0.2, 0.25) is 10.0 Å². The largest absolute Gasteiger partial charge is 0.281 e. The monoisotopic (exact) mass is 257 g/mol. The lowest BCUT2D eigenvalue weighted by Crippen LogP contribution is -2.43. The maximum absolute atomic E-state index is 12.5. The molecule has 0 radical (unpaired) electrons. The molecule has 5 nitrogen and oxygen atoms in total. The van der Waals surface area contributed by atoms with Gasteiger partial charge in [0.25, 0.3) is 0 Å². The van der Waals surface area contributed by atoms with Gasteiger partial charge in [-0.3, -0.25) is 5.10 Å². The maximum Gasteiger partial charge on any atom is 0.246 e. The molecule has 1 N–H and O–H groups in total. The van der Waals surface area contributed by atoms with Crippen LogP contribution in [0.25, 0.3) is 0 Å². The molecule has 96 valence electrons. The number of nitrogens with zero attached hydrogens (tertiary/aromatic N) is 2. The molecule has 1 fully saturated rings. The zero-order valence-electron chi connectivity index (χ0n) is 10.3. The molecule has 0 aliphatic carbocycles. The Hall–Kier alpha value is -0.880. The van der Waals surface area contributed by atoms with Crippen LogP contribution in [0.4, 0.5) is 0 Å². The van der Waals surface area contributed by atoms with Crippen molar-refractivity contribution in [2.45, 2.75) is 50.5 Å². The first-order chi connectivity index (χ1) is 8.07. The summed E-state index contributed by atoms with van der Waals surface area (Å²) in [5.74, 6) is 0. The minimum Gasteiger partial charge on any atom is -0.281 e. The summed E-state index contributed by atoms with van der Waals surface area (Å²) >= 11 is 0. The molecule has 0 spiro atoms. The number of aromatic nitrogens is 2. The Labute approximate surface area is 102 Å². The van der Waals surface area contributed by atoms with Crippen LogP contribution in [0.1, 0.15) is 38.3 Å². The number of H-pyrrole nitrogens is 1. The second-order valence-corrected chi connectivity index (χ2v) is 6.39. The standard InChI is InChI=1S/C11H19N3O2S/c1-3-10-6-4-5-7-14(10)17(15,16)11-8-12-13-9(11)2/h8,10H,3-7H2,1-2H3,(H,12,13). The van der Waals surface area contributed by atoms with E-state index in [0.717, 1.165) is 25.7 Å². The van der Waals surface area contributed by atoms with Gasteiger partial charge >= 0.3 is 0 Å². The van der Waals surface area contributed by atoms with Crippen LogP contribution < -0.4 is 0 Å². The molecule has 1 unspecified atom stereocenters. The van der Waals surface area contributed by atoms with Crippen LogP contribution in [-0.4, -0.2) is 35.5 Å². The average molecular weight is 257 g/mol. The normalized spacial score (nSPS) is 22.8. The molecule has 6 heteroatoms. The molecular formula is C11H19N3O2S. The fraction of sp³-hybridized carbons (Fsp3) is 0.727. The number of rotatable bonds is 3. The Balaban J connectivity index is 2.34. The first kappa shape index (κ1) is 12.6. The summed E-state index contributed by atoms with van der Waals surface area (Å²) in [5, 5.41) is 6.49. The number of sulfonamides is 1. The second kappa shape index (κ2) is 4.78. The summed E-state index contributed by atoms with van der Waals surface area (Å²) in [6.07, 6.45) is 5.32. The van der Waals surface area contributed by atoms with Crippen molar-refractivity contribution in [2.24, 2.45) is 0 Å². The summed E-state index contributed by atoms with van der Waals surface area (Å²) in [5.41, 5.74) is 0.616. The van der Waals surface area contributed by atoms with E-state index in [-0.39, 0.29) is 6.04 Å². The molecule has 1 aliphatic rings. The van der Waals surface area contributed by atoms with Crippen molar-refractivity contribution in [3.63, 3.8) is 0 Å². The number of hydrogen-bond donors (Lipinski definition) is 1. The number of aryl methyl sites for hydroxylation is 1. The van der Waals surface area contributed by atoms with E-state index in [1.54, 1.807) is 11.2 Å². The van der Waals surface area contributed by atoms with Gasteiger partial charge in [0, 0.05) is 12.6 Å². The number of piperidine rings is 1. The summed E-state index contributed by atoms with van der Waals surface area (Å²) in [7, 11) is -3.37. The van der Waals surface area contributed by atoms with Gasteiger partial charge in [0.1, 0.15) is 4.90 Å². The molecule has 0 bridgehead atoms. The molecule has 1 aromatic rings. The van der Waals surface area contributed by atoms with Gasteiger partial charge in [-0.25, -0.2) is 8.42 Å². The first-order valence-electron chi connectivity index (χ1n) is 6.09. The van der Waals surface area contributed by atoms with Crippen LogP contribution >= 0.6 is 0 Å². The van der Waals surface area contributed by atoms with E-state index < -0.39 is 10.0 Å². The van der Waals surface area contributed by atoms with Crippen molar-refractivity contribution in [3.05, 3.63) is 11.9 Å². The first-order valence-corrected chi connectivity index (χ1v) is 7.53. The van der Waals surface area contributed by atoms with Crippen LogP contribution in [0.5, 0.6) is 0 Å². The molecule has 1 atom stereocenters. The van der Waals surface area contributed by atoms with Gasteiger partial charge in [-0.1, -0.05) is 13.3 Å². The van der Waals surface area contributed by atoms with E-state index in [1.165, 1.54) is 6.20 Å². The van der Waals surface area contributed by atoms with Crippen LogP contribution in [0.15, 0.2) is 11.1 Å². The Morgan fingerprint density at radius 2 is 2.29 bits per heavy atom. The Kier molecular flexibility index (Phi) is 3.53. The zero-order chi connectivity index (χ0) is 12.5. The predicted molar refractivity (Wildman–Crippen MR) is 65.1 cm³/mol. The molecule has 0 aromatic carbocycles. The SMILES string of the molecule is CCC1CCCCN1S(=O)(=O)c1cn[nH]c1C. The highest BCUT2D eigenvalue weighted by atomic mass is 32.2. The molecular weight excluding hydrogens is 238 g/mol. The third kappa shape index (κ3) is 2.24. The van der Waals surface area contributed by atoms with Gasteiger partial charge in [0.05, 0.1) is 11.9 Å². The summed E-state index contributed by atoms with van der Waals surface area (Å²) in [4.78, 5) is 0.317. The van der Waals surface area contributed by atoms with Crippen molar-refractivity contribution >= 4 is 10.0 Å². The van der Waals surface area contributed by atoms with Crippen LogP contribution in [0, 0.1) is 6.92 Å². The van der Waals surface area contributed by atoms with Crippen molar-refractivity contribution in [3.8, 4) is 0 Å². The molecule has 2 heterocycles. The fourth-order valence-electron chi connectivity index (χ4n) is 2.42. The van der Waals surface area contributed by atoms with Crippen molar-refractivity contribution in [1.82, 2.24) is 14.5 Å². The summed E-state index contributed by atoms with van der Waals surface area (Å²) < 4.78 is 26.7. The summed E-state index contributed by atoms with van der Waals surface area (Å²) in [6.45, 7) is 4.41. The molecule has 1 saturated heterocycles. The summed E-state index contributed by atoms with van der Waals surface area (Å²) in [6, 6.07) is 0.142. The van der Waals surface area contributed by atoms with Gasteiger partial charge in [-0.2, -0.15) is 9.40 Å². The third-order valence-electron chi connectivity index (χ3n) is 3.41. The van der Waals surface area contributed by atoms with E-state index in [9.17, 15) is 8.42 Å². The molecule has 0 saturated carbocycles. The molecule has 2 rings (SSSR count). The Morgan fingerprint density at radius 3 is 2.88 bits per heavy atom.